The van der Waals surface area contributed by atoms with Gasteiger partial charge in [-0.05, 0) is 26.4 Å². The molecule has 0 aromatic heterocycles. The van der Waals surface area contributed by atoms with Gasteiger partial charge in [0.1, 0.15) is 0 Å². The molecule has 2 amide bonds. The topological polar surface area (TPSA) is 64.1 Å². The zero-order valence-corrected chi connectivity index (χ0v) is 12.6. The van der Waals surface area contributed by atoms with Crippen LogP contribution in [0.1, 0.15) is 19.8 Å². The van der Waals surface area contributed by atoms with Crippen LogP contribution in [0.3, 0.4) is 0 Å². The maximum Gasteiger partial charge on any atom is 0.320 e. The standard InChI is InChI=1S/C14H25N3O3/c1-10(13(18)19)11-7-17(8-11)14(20)16(3)12-5-4-6-15(2)9-12/h10-12H,4-9H2,1-3H3,(H,18,19). The Bertz CT molecular complexity index is 382. The van der Waals surface area contributed by atoms with Crippen molar-refractivity contribution in [3.8, 4) is 0 Å². The van der Waals surface area contributed by atoms with E-state index >= 15 is 0 Å². The van der Waals surface area contributed by atoms with Crippen molar-refractivity contribution in [2.75, 3.05) is 40.3 Å². The lowest BCUT2D eigenvalue weighted by Crippen LogP contribution is -2.59. The van der Waals surface area contributed by atoms with Crippen molar-refractivity contribution in [2.45, 2.75) is 25.8 Å². The molecule has 2 heterocycles. The molecule has 2 unspecified atom stereocenters. The number of hydrogen-bond acceptors (Lipinski definition) is 3. The summed E-state index contributed by atoms with van der Waals surface area (Å²) in [6, 6.07) is 0.316. The molecule has 0 radical (unpaired) electrons. The number of carbonyl (C=O) groups excluding carboxylic acids is 1. The summed E-state index contributed by atoms with van der Waals surface area (Å²) in [6.45, 7) is 4.87. The highest BCUT2D eigenvalue weighted by Gasteiger charge is 2.39. The van der Waals surface area contributed by atoms with Crippen LogP contribution < -0.4 is 0 Å². The monoisotopic (exact) mass is 283 g/mol. The normalized spacial score (nSPS) is 25.9. The zero-order chi connectivity index (χ0) is 14.9. The summed E-state index contributed by atoms with van der Waals surface area (Å²) in [5.41, 5.74) is 0. The first-order chi connectivity index (χ1) is 9.40. The Morgan fingerprint density at radius 1 is 1.30 bits per heavy atom. The molecule has 2 rings (SSSR count). The van der Waals surface area contributed by atoms with Gasteiger partial charge in [-0.15, -0.1) is 0 Å². The molecule has 0 aliphatic carbocycles. The van der Waals surface area contributed by atoms with E-state index in [4.69, 9.17) is 5.11 Å². The van der Waals surface area contributed by atoms with Gasteiger partial charge in [0, 0.05) is 38.6 Å². The van der Waals surface area contributed by atoms with Crippen molar-refractivity contribution in [3.05, 3.63) is 0 Å². The summed E-state index contributed by atoms with van der Waals surface area (Å²) in [4.78, 5) is 29.1. The minimum atomic E-state index is -0.774. The lowest BCUT2D eigenvalue weighted by Gasteiger charge is -2.45. The molecule has 2 fully saturated rings. The Balaban J connectivity index is 1.82. The number of carboxylic acid groups (broad SMARTS) is 1. The fourth-order valence-electron chi connectivity index (χ4n) is 3.02. The second kappa shape index (κ2) is 5.99. The van der Waals surface area contributed by atoms with E-state index in [2.05, 4.69) is 11.9 Å². The second-order valence-corrected chi connectivity index (χ2v) is 6.24. The number of nitrogens with zero attached hydrogens (tertiary/aromatic N) is 3. The van der Waals surface area contributed by atoms with Gasteiger partial charge in [0.2, 0.25) is 0 Å². The second-order valence-electron chi connectivity index (χ2n) is 6.24. The van der Waals surface area contributed by atoms with Crippen LogP contribution in [0.15, 0.2) is 0 Å². The smallest absolute Gasteiger partial charge is 0.320 e. The fraction of sp³-hybridized carbons (Fsp3) is 0.857. The molecule has 0 bridgehead atoms. The van der Waals surface area contributed by atoms with E-state index < -0.39 is 5.97 Å². The number of rotatable bonds is 3. The van der Waals surface area contributed by atoms with Crippen LogP contribution in [0.25, 0.3) is 0 Å². The van der Waals surface area contributed by atoms with Crippen molar-refractivity contribution in [2.24, 2.45) is 11.8 Å². The molecular weight excluding hydrogens is 258 g/mol. The molecular formula is C14H25N3O3. The van der Waals surface area contributed by atoms with Gasteiger partial charge < -0.3 is 19.8 Å². The molecule has 2 atom stereocenters. The van der Waals surface area contributed by atoms with Crippen LogP contribution in [0.4, 0.5) is 4.79 Å². The van der Waals surface area contributed by atoms with E-state index in [0.29, 0.717) is 13.1 Å². The number of carbonyl (C=O) groups is 2. The largest absolute Gasteiger partial charge is 0.481 e. The summed E-state index contributed by atoms with van der Waals surface area (Å²) < 4.78 is 0. The lowest BCUT2D eigenvalue weighted by atomic mass is 9.87. The van der Waals surface area contributed by atoms with Gasteiger partial charge >= 0.3 is 12.0 Å². The van der Waals surface area contributed by atoms with E-state index in [-0.39, 0.29) is 23.9 Å². The first-order valence-corrected chi connectivity index (χ1v) is 7.33. The number of hydrogen-bond donors (Lipinski definition) is 1. The van der Waals surface area contributed by atoms with Crippen LogP contribution in [0.5, 0.6) is 0 Å². The van der Waals surface area contributed by atoms with Crippen molar-refractivity contribution in [1.82, 2.24) is 14.7 Å². The quantitative estimate of drug-likeness (QED) is 0.831. The zero-order valence-electron chi connectivity index (χ0n) is 12.6. The van der Waals surface area contributed by atoms with Crippen LogP contribution in [0, 0.1) is 11.8 Å². The molecule has 0 aromatic carbocycles. The molecule has 2 aliphatic heterocycles. The Morgan fingerprint density at radius 3 is 2.50 bits per heavy atom. The highest BCUT2D eigenvalue weighted by atomic mass is 16.4. The number of carboxylic acids is 1. The number of likely N-dealkylation sites (N-methyl/N-ethyl adjacent to an activating group) is 2. The molecule has 2 saturated heterocycles. The van der Waals surface area contributed by atoms with E-state index in [1.54, 1.807) is 11.8 Å². The summed E-state index contributed by atoms with van der Waals surface area (Å²) in [5, 5.41) is 8.97. The van der Waals surface area contributed by atoms with Gasteiger partial charge in [0.05, 0.1) is 5.92 Å². The highest BCUT2D eigenvalue weighted by Crippen LogP contribution is 2.26. The Labute approximate surface area is 120 Å². The summed E-state index contributed by atoms with van der Waals surface area (Å²) >= 11 is 0. The Kier molecular flexibility index (Phi) is 4.52. The average molecular weight is 283 g/mol. The molecule has 6 heteroatoms. The average Bonchev–Trinajstić information content (AvgIpc) is 2.35. The van der Waals surface area contributed by atoms with Gasteiger partial charge in [0.25, 0.3) is 0 Å². The van der Waals surface area contributed by atoms with Gasteiger partial charge in [-0.25, -0.2) is 4.79 Å². The van der Waals surface area contributed by atoms with Crippen molar-refractivity contribution in [3.63, 3.8) is 0 Å². The minimum absolute atomic E-state index is 0.0409. The van der Waals surface area contributed by atoms with Gasteiger partial charge in [0.15, 0.2) is 0 Å². The number of likely N-dealkylation sites (tertiary alicyclic amines) is 2. The predicted molar refractivity (Wildman–Crippen MR) is 75.5 cm³/mol. The highest BCUT2D eigenvalue weighted by molar-refractivity contribution is 5.76. The van der Waals surface area contributed by atoms with E-state index in [9.17, 15) is 9.59 Å². The predicted octanol–water partition coefficient (Wildman–Crippen LogP) is 0.785. The number of urea groups is 1. The third-order valence-corrected chi connectivity index (χ3v) is 4.73. The van der Waals surface area contributed by atoms with Crippen molar-refractivity contribution < 1.29 is 14.7 Å². The Hall–Kier alpha value is -1.30. The molecule has 20 heavy (non-hydrogen) atoms. The van der Waals surface area contributed by atoms with E-state index in [0.717, 1.165) is 25.9 Å². The van der Waals surface area contributed by atoms with E-state index in [1.165, 1.54) is 0 Å². The van der Waals surface area contributed by atoms with Gasteiger partial charge in [-0.2, -0.15) is 0 Å². The molecule has 6 nitrogen and oxygen atoms in total. The maximum atomic E-state index is 12.4. The van der Waals surface area contributed by atoms with Crippen LogP contribution in [-0.2, 0) is 4.79 Å². The van der Waals surface area contributed by atoms with Crippen molar-refractivity contribution in [1.29, 1.82) is 0 Å². The van der Waals surface area contributed by atoms with Crippen molar-refractivity contribution >= 4 is 12.0 Å². The third-order valence-electron chi connectivity index (χ3n) is 4.73. The maximum absolute atomic E-state index is 12.4. The number of amides is 2. The summed E-state index contributed by atoms with van der Waals surface area (Å²) in [5.74, 6) is -1.05. The first kappa shape index (κ1) is 15.1. The van der Waals surface area contributed by atoms with Gasteiger partial charge in [-0.3, -0.25) is 4.79 Å². The first-order valence-electron chi connectivity index (χ1n) is 7.33. The molecule has 0 spiro atoms. The molecule has 2 aliphatic rings. The van der Waals surface area contributed by atoms with Crippen LogP contribution in [-0.4, -0.2) is 78.1 Å². The third kappa shape index (κ3) is 3.06. The molecule has 114 valence electrons. The van der Waals surface area contributed by atoms with Crippen LogP contribution >= 0.6 is 0 Å². The van der Waals surface area contributed by atoms with Crippen LogP contribution in [0.2, 0.25) is 0 Å². The molecule has 0 aromatic rings. The SMILES string of the molecule is CC(C(=O)O)C1CN(C(=O)N(C)C2CCCN(C)C2)C1. The van der Waals surface area contributed by atoms with E-state index in [1.807, 2.05) is 11.9 Å². The number of piperidine rings is 1. The van der Waals surface area contributed by atoms with Gasteiger partial charge in [-0.1, -0.05) is 6.92 Å². The summed E-state index contributed by atoms with van der Waals surface area (Å²) in [7, 11) is 3.94. The molecule has 0 saturated carbocycles. The summed E-state index contributed by atoms with van der Waals surface area (Å²) in [6.07, 6.45) is 2.17. The number of aliphatic carboxylic acids is 1. The molecule has 1 N–H and O–H groups in total. The Morgan fingerprint density at radius 2 is 1.95 bits per heavy atom. The minimum Gasteiger partial charge on any atom is -0.481 e. The lowest BCUT2D eigenvalue weighted by molar-refractivity contribution is -0.144. The fourth-order valence-corrected chi connectivity index (χ4v) is 3.02.